The van der Waals surface area contributed by atoms with Crippen LogP contribution >= 0.6 is 19.6 Å². The molecule has 1 aliphatic heterocycles. The van der Waals surface area contributed by atoms with Crippen molar-refractivity contribution in [1.29, 1.82) is 0 Å². The monoisotopic (exact) mass is 479 g/mol. The zero-order valence-electron chi connectivity index (χ0n) is 16.8. The summed E-state index contributed by atoms with van der Waals surface area (Å²) in [5.74, 6) is -2.76. The molecule has 0 bridgehead atoms. The third-order valence-electron chi connectivity index (χ3n) is 4.25. The van der Waals surface area contributed by atoms with Crippen LogP contribution in [-0.4, -0.2) is 70.1 Å². The first-order valence-electron chi connectivity index (χ1n) is 8.76. The summed E-state index contributed by atoms with van der Waals surface area (Å²) in [6.45, 7) is 3.34. The highest BCUT2D eigenvalue weighted by Crippen LogP contribution is 2.44. The van der Waals surface area contributed by atoms with E-state index in [2.05, 4.69) is 15.5 Å². The van der Waals surface area contributed by atoms with Gasteiger partial charge in [-0.2, -0.15) is 4.98 Å². The number of carbonyl (C=O) groups excluding carboxylic acids is 2. The van der Waals surface area contributed by atoms with Crippen molar-refractivity contribution >= 4 is 54.5 Å². The minimum Gasteiger partial charge on any atom is -0.478 e. The van der Waals surface area contributed by atoms with E-state index in [0.29, 0.717) is 6.21 Å². The molecule has 16 heteroatoms. The Balaban J connectivity index is 2.13. The van der Waals surface area contributed by atoms with E-state index in [1.807, 2.05) is 0 Å². The number of anilines is 1. The van der Waals surface area contributed by atoms with Crippen molar-refractivity contribution in [3.63, 3.8) is 0 Å². The number of aliphatic carboxylic acids is 1. The summed E-state index contributed by atoms with van der Waals surface area (Å²) in [6, 6.07) is -1.87. The van der Waals surface area contributed by atoms with Crippen LogP contribution in [0.4, 0.5) is 10.9 Å². The van der Waals surface area contributed by atoms with Crippen molar-refractivity contribution in [2.24, 2.45) is 5.16 Å². The number of amides is 2. The second kappa shape index (κ2) is 9.72. The first kappa shape index (κ1) is 24.7. The molecular weight excluding hydrogens is 457 g/mol. The van der Waals surface area contributed by atoms with Crippen LogP contribution in [0, 0.1) is 0 Å². The molecule has 0 aromatic carbocycles. The fourth-order valence-corrected chi connectivity index (χ4v) is 3.90. The van der Waals surface area contributed by atoms with Gasteiger partial charge >= 0.3 is 20.1 Å². The van der Waals surface area contributed by atoms with Gasteiger partial charge in [-0.15, -0.1) is 4.52 Å². The fraction of sp³-hybridized carbons (Fsp3) is 0.533. The highest BCUT2D eigenvalue weighted by Gasteiger charge is 2.72. The Morgan fingerprint density at radius 1 is 1.52 bits per heavy atom. The van der Waals surface area contributed by atoms with Crippen LogP contribution in [0.25, 0.3) is 0 Å². The van der Waals surface area contributed by atoms with Crippen molar-refractivity contribution in [2.45, 2.75) is 38.5 Å². The predicted molar refractivity (Wildman–Crippen MR) is 108 cm³/mol. The fourth-order valence-electron chi connectivity index (χ4n) is 2.51. The number of hydrogen-bond donors (Lipinski definition) is 4. The maximum Gasteiger partial charge on any atom is 0.751 e. The minimum atomic E-state index is -2.81. The van der Waals surface area contributed by atoms with Crippen molar-refractivity contribution in [3.8, 4) is 0 Å². The molecule has 2 amide bonds. The Kier molecular flexibility index (Phi) is 7.75. The molecule has 0 saturated carbocycles. The van der Waals surface area contributed by atoms with E-state index in [0.717, 1.165) is 11.3 Å². The van der Waals surface area contributed by atoms with Gasteiger partial charge in [-0.1, -0.05) is 16.5 Å². The van der Waals surface area contributed by atoms with Crippen LogP contribution in [0.5, 0.6) is 0 Å². The third kappa shape index (κ3) is 5.20. The first-order chi connectivity index (χ1) is 14.5. The average molecular weight is 479 g/mol. The second-order valence-electron chi connectivity index (χ2n) is 6.77. The summed E-state index contributed by atoms with van der Waals surface area (Å²) in [4.78, 5) is 44.7. The number of nitrogens with one attached hydrogen (secondary N) is 1. The number of aliphatic hydroxyl groups is 1. The maximum atomic E-state index is 12.9. The lowest BCUT2D eigenvalue weighted by atomic mass is 9.95. The summed E-state index contributed by atoms with van der Waals surface area (Å²) >= 11 is 1.03. The predicted octanol–water partition coefficient (Wildman–Crippen LogP) is -0.0904. The number of hydroxylamine groups is 2. The summed E-state index contributed by atoms with van der Waals surface area (Å²) < 4.78 is 21.3. The van der Waals surface area contributed by atoms with Gasteiger partial charge < -0.3 is 26.1 Å². The molecule has 1 aliphatic rings. The molecule has 2 rings (SSSR count). The minimum absolute atomic E-state index is 0.0571. The molecule has 5 N–H and O–H groups in total. The number of carboxylic acids is 1. The molecule has 1 fully saturated rings. The molecule has 1 saturated heterocycles. The molecule has 170 valence electrons. The summed E-state index contributed by atoms with van der Waals surface area (Å²) in [7, 11) is -2.81. The molecule has 0 radical (unpaired) electrons. The Morgan fingerprint density at radius 3 is 2.71 bits per heavy atom. The first-order valence-corrected chi connectivity index (χ1v) is 10.7. The van der Waals surface area contributed by atoms with Gasteiger partial charge in [-0.3, -0.25) is 4.79 Å². The number of carbonyl (C=O) groups is 3. The number of hydrogen-bond acceptors (Lipinski definition) is 12. The smallest absolute Gasteiger partial charge is 0.478 e. The second-order valence-corrected chi connectivity index (χ2v) is 8.53. The SMILES string of the molecule is C[C@H]1[C@H](NC(=O)/C=N\OC(C)(C)C(=O)O)C(=O)[N+]1(O[P+](=O)OCCO)c1csc(N)n1. The van der Waals surface area contributed by atoms with Gasteiger partial charge in [0, 0.05) is 4.57 Å². The van der Waals surface area contributed by atoms with Gasteiger partial charge in [-0.25, -0.2) is 9.59 Å². The number of nitrogens with zero attached hydrogens (tertiary/aromatic N) is 3. The number of nitrogen functional groups attached to an aromatic ring is 1. The van der Waals surface area contributed by atoms with Crippen LogP contribution in [0.1, 0.15) is 20.8 Å². The molecule has 31 heavy (non-hydrogen) atoms. The number of β-lactam (4-membered cyclic amide) rings is 1. The van der Waals surface area contributed by atoms with Gasteiger partial charge in [0.1, 0.15) is 17.4 Å². The van der Waals surface area contributed by atoms with Gasteiger partial charge in [0.15, 0.2) is 11.2 Å². The molecule has 1 aromatic rings. The zero-order chi connectivity index (χ0) is 23.4. The van der Waals surface area contributed by atoms with Crippen molar-refractivity contribution < 1.29 is 43.1 Å². The molecule has 0 aliphatic carbocycles. The van der Waals surface area contributed by atoms with E-state index in [4.69, 9.17) is 29.9 Å². The van der Waals surface area contributed by atoms with Crippen LogP contribution in [0.3, 0.4) is 0 Å². The molecular formula is C15H22N5O9PS+2. The molecule has 14 nitrogen and oxygen atoms in total. The number of aromatic nitrogens is 1. The van der Waals surface area contributed by atoms with Crippen molar-refractivity contribution in [2.75, 3.05) is 18.9 Å². The highest BCUT2D eigenvalue weighted by atomic mass is 32.1. The summed E-state index contributed by atoms with van der Waals surface area (Å²) in [6.07, 6.45) is 0.685. The normalized spacial score (nSPS) is 24.0. The lowest BCUT2D eigenvalue weighted by molar-refractivity contribution is -0.192. The quantitative estimate of drug-likeness (QED) is 0.109. The van der Waals surface area contributed by atoms with E-state index in [-0.39, 0.29) is 17.6 Å². The van der Waals surface area contributed by atoms with Crippen molar-refractivity contribution in [3.05, 3.63) is 5.38 Å². The van der Waals surface area contributed by atoms with Crippen LogP contribution in [-0.2, 0) is 32.9 Å². The molecule has 0 spiro atoms. The zero-order valence-corrected chi connectivity index (χ0v) is 18.5. The van der Waals surface area contributed by atoms with Gasteiger partial charge in [0.05, 0.1) is 12.0 Å². The maximum absolute atomic E-state index is 12.9. The van der Waals surface area contributed by atoms with Gasteiger partial charge in [-0.05, 0) is 25.4 Å². The summed E-state index contributed by atoms with van der Waals surface area (Å²) in [5.41, 5.74) is 3.98. The van der Waals surface area contributed by atoms with Crippen LogP contribution in [0.15, 0.2) is 10.5 Å². The third-order valence-corrected chi connectivity index (χ3v) is 5.69. The molecule has 4 atom stereocenters. The molecule has 2 unspecified atom stereocenters. The average Bonchev–Trinajstić information content (AvgIpc) is 3.14. The van der Waals surface area contributed by atoms with E-state index in [1.165, 1.54) is 26.2 Å². The number of thiazole rings is 1. The molecule has 1 aromatic heterocycles. The van der Waals surface area contributed by atoms with Crippen LogP contribution in [0.2, 0.25) is 0 Å². The van der Waals surface area contributed by atoms with E-state index in [1.54, 1.807) is 0 Å². The molecule has 2 heterocycles. The van der Waals surface area contributed by atoms with E-state index >= 15 is 0 Å². The Morgan fingerprint density at radius 2 is 2.19 bits per heavy atom. The Hall–Kier alpha value is -2.55. The lowest BCUT2D eigenvalue weighted by Crippen LogP contribution is -2.81. The largest absolute Gasteiger partial charge is 0.751 e. The van der Waals surface area contributed by atoms with Crippen molar-refractivity contribution in [1.82, 2.24) is 14.9 Å². The topological polar surface area (TPSA) is 200 Å². The van der Waals surface area contributed by atoms with Gasteiger partial charge in [0.25, 0.3) is 11.7 Å². The highest BCUT2D eigenvalue weighted by molar-refractivity contribution is 7.33. The summed E-state index contributed by atoms with van der Waals surface area (Å²) in [5, 5.41) is 25.0. The lowest BCUT2D eigenvalue weighted by Gasteiger charge is -2.42. The van der Waals surface area contributed by atoms with E-state index < -0.39 is 55.0 Å². The number of rotatable bonds is 11. The number of aliphatic hydroxyl groups excluding tert-OH is 1. The van der Waals surface area contributed by atoms with Gasteiger partial charge in [0.2, 0.25) is 11.6 Å². The Bertz CT molecular complexity index is 907. The van der Waals surface area contributed by atoms with Crippen LogP contribution < -0.4 is 15.7 Å². The Labute approximate surface area is 181 Å². The number of quaternary nitrogens is 1. The standard InChI is InChI=1S/C15H20N5O9PS/c1-8-11(19-10(22)6-17-28-15(2,3)13(24)25)12(23)20(8,9-7-31-14(16)18-9)29-30(26)27-5-4-21/h6-8,11,21H,4-5H2,1-3H3,(H2-2,16,18,19,22,24,25)/p+2/b17-6-/t8-,11-,20?/m0/s1. The number of carboxylic acid groups (broad SMARTS) is 1. The number of oxime groups is 1. The number of nitrogens with two attached hydrogens (primary N) is 1. The van der Waals surface area contributed by atoms with E-state index in [9.17, 15) is 18.9 Å².